The molecular formula is C41H49N3O11. The van der Waals surface area contributed by atoms with E-state index >= 15 is 0 Å². The molecule has 14 nitrogen and oxygen atoms in total. The Morgan fingerprint density at radius 2 is 1.31 bits per heavy atom. The zero-order chi connectivity index (χ0) is 37.9. The minimum atomic E-state index is -0.551. The Kier molecular flexibility index (Phi) is 11.2. The molecule has 3 saturated heterocycles. The SMILES string of the molecule is CC(CO)N[C@@H](Cc1ccc2c(c1)OCCO2)C(=O)N1CCCC1.C[C@H]1COC(=O)C2[C@@H](c3ccc4c(c3)OCCO4)OC(c3ccc4c(c3)OCCO4)N21. The second-order valence-electron chi connectivity index (χ2n) is 14.6. The van der Waals surface area contributed by atoms with Crippen LogP contribution in [-0.4, -0.2) is 117 Å². The standard InChI is InChI=1S/C23H23NO7.C18H26N2O4/c1-13-12-30-23(25)20-21(14-2-4-16-18(10-14)28-8-6-26-16)31-22(24(13)20)15-3-5-17-19(11-15)29-9-7-27-17;1-13(12-21)19-15(18(22)20-6-2-3-7-20)10-14-4-5-16-17(11-14)24-9-8-23-16/h2-5,10-11,13,20-22H,6-9,12H2,1H3;4-5,11,13,15,19,21H,2-3,6-10,12H2,1H3/t13-,20?,21+,22?;13?,15-/m00/s1. The number of nitrogens with one attached hydrogen (secondary N) is 1. The van der Waals surface area contributed by atoms with Gasteiger partial charge in [0, 0.05) is 25.2 Å². The highest BCUT2D eigenvalue weighted by molar-refractivity contribution is 5.82. The molecule has 3 aromatic rings. The molecule has 0 aliphatic carbocycles. The summed E-state index contributed by atoms with van der Waals surface area (Å²) in [5.41, 5.74) is 2.79. The van der Waals surface area contributed by atoms with Crippen molar-refractivity contribution in [3.05, 3.63) is 71.3 Å². The average molecular weight is 760 g/mol. The van der Waals surface area contributed by atoms with Crippen molar-refractivity contribution in [1.29, 1.82) is 0 Å². The van der Waals surface area contributed by atoms with Crippen molar-refractivity contribution in [2.24, 2.45) is 0 Å². The highest BCUT2D eigenvalue weighted by Gasteiger charge is 2.53. The third-order valence-electron chi connectivity index (χ3n) is 10.6. The number of ether oxygens (including phenoxy) is 8. The normalized spacial score (nSPS) is 24.9. The number of benzene rings is 3. The number of cyclic esters (lactones) is 1. The van der Waals surface area contributed by atoms with Gasteiger partial charge in [-0.05, 0) is 86.2 Å². The molecule has 55 heavy (non-hydrogen) atoms. The van der Waals surface area contributed by atoms with E-state index in [9.17, 15) is 14.7 Å². The molecule has 6 aliphatic rings. The topological polar surface area (TPSA) is 147 Å². The van der Waals surface area contributed by atoms with Crippen LogP contribution in [0.25, 0.3) is 0 Å². The first kappa shape index (κ1) is 37.2. The van der Waals surface area contributed by atoms with E-state index in [1.807, 2.05) is 73.3 Å². The fourth-order valence-electron chi connectivity index (χ4n) is 7.89. The van der Waals surface area contributed by atoms with Gasteiger partial charge in [0.15, 0.2) is 34.5 Å². The minimum Gasteiger partial charge on any atom is -0.486 e. The van der Waals surface area contributed by atoms with Crippen molar-refractivity contribution in [2.75, 3.05) is 65.9 Å². The van der Waals surface area contributed by atoms with Gasteiger partial charge in [0.2, 0.25) is 5.91 Å². The Labute approximate surface area is 320 Å². The second kappa shape index (κ2) is 16.5. The molecule has 9 rings (SSSR count). The third-order valence-corrected chi connectivity index (χ3v) is 10.6. The van der Waals surface area contributed by atoms with E-state index in [0.29, 0.717) is 69.9 Å². The molecule has 0 saturated carbocycles. The van der Waals surface area contributed by atoms with Crippen LogP contribution in [0.3, 0.4) is 0 Å². The number of esters is 1. The maximum atomic E-state index is 12.9. The quantitative estimate of drug-likeness (QED) is 0.323. The van der Waals surface area contributed by atoms with E-state index in [2.05, 4.69) is 10.2 Å². The largest absolute Gasteiger partial charge is 0.486 e. The zero-order valence-electron chi connectivity index (χ0n) is 31.3. The molecule has 14 heteroatoms. The van der Waals surface area contributed by atoms with Crippen LogP contribution in [0.1, 0.15) is 55.7 Å². The van der Waals surface area contributed by atoms with E-state index in [0.717, 1.165) is 59.9 Å². The van der Waals surface area contributed by atoms with Crippen LogP contribution in [0.15, 0.2) is 54.6 Å². The van der Waals surface area contributed by atoms with Gasteiger partial charge in [-0.2, -0.15) is 0 Å². The Balaban J connectivity index is 0.000000161. The van der Waals surface area contributed by atoms with Crippen molar-refractivity contribution in [1.82, 2.24) is 15.1 Å². The van der Waals surface area contributed by atoms with Crippen LogP contribution in [-0.2, 0) is 25.5 Å². The molecule has 0 radical (unpaired) electrons. The molecule has 3 aromatic carbocycles. The van der Waals surface area contributed by atoms with Gasteiger partial charge in [-0.3, -0.25) is 14.5 Å². The Morgan fingerprint density at radius 3 is 1.93 bits per heavy atom. The molecule has 0 spiro atoms. The molecule has 294 valence electrons. The number of carbonyl (C=O) groups excluding carboxylic acids is 2. The Hall–Kier alpha value is -4.76. The van der Waals surface area contributed by atoms with Gasteiger partial charge in [-0.15, -0.1) is 0 Å². The van der Waals surface area contributed by atoms with E-state index in [1.165, 1.54) is 0 Å². The van der Waals surface area contributed by atoms with Crippen LogP contribution in [0.2, 0.25) is 0 Å². The second-order valence-corrected chi connectivity index (χ2v) is 14.6. The molecule has 0 aromatic heterocycles. The smallest absolute Gasteiger partial charge is 0.326 e. The van der Waals surface area contributed by atoms with Crippen LogP contribution < -0.4 is 33.7 Å². The molecule has 1 amide bonds. The van der Waals surface area contributed by atoms with Gasteiger partial charge in [0.05, 0.1) is 12.6 Å². The fraction of sp³-hybridized carbons (Fsp3) is 0.512. The number of fused-ring (bicyclic) bond motifs is 4. The lowest BCUT2D eigenvalue weighted by molar-refractivity contribution is -0.161. The van der Waals surface area contributed by atoms with Gasteiger partial charge in [-0.1, -0.05) is 18.2 Å². The predicted molar refractivity (Wildman–Crippen MR) is 198 cm³/mol. The van der Waals surface area contributed by atoms with Gasteiger partial charge in [0.25, 0.3) is 0 Å². The molecule has 0 bridgehead atoms. The Bertz CT molecular complexity index is 1850. The highest BCUT2D eigenvalue weighted by Crippen LogP contribution is 2.48. The summed E-state index contributed by atoms with van der Waals surface area (Å²) in [7, 11) is 0. The number of hydrogen-bond acceptors (Lipinski definition) is 13. The number of morpholine rings is 1. The van der Waals surface area contributed by atoms with Crippen molar-refractivity contribution >= 4 is 11.9 Å². The first-order valence-electron chi connectivity index (χ1n) is 19.3. The Morgan fingerprint density at radius 1 is 0.764 bits per heavy atom. The number of nitrogens with zero attached hydrogens (tertiary/aromatic N) is 2. The van der Waals surface area contributed by atoms with Crippen LogP contribution >= 0.6 is 0 Å². The van der Waals surface area contributed by atoms with Crippen LogP contribution in [0.5, 0.6) is 34.5 Å². The predicted octanol–water partition coefficient (Wildman–Crippen LogP) is 3.58. The molecule has 3 fully saturated rings. The summed E-state index contributed by atoms with van der Waals surface area (Å²) in [5.74, 6) is 4.11. The van der Waals surface area contributed by atoms with Gasteiger partial charge < -0.3 is 53.2 Å². The van der Waals surface area contributed by atoms with E-state index in [-0.39, 0.29) is 36.6 Å². The lowest BCUT2D eigenvalue weighted by Gasteiger charge is -2.37. The number of amides is 1. The van der Waals surface area contributed by atoms with E-state index in [4.69, 9.17) is 37.9 Å². The first-order valence-corrected chi connectivity index (χ1v) is 19.3. The lowest BCUT2D eigenvalue weighted by Crippen LogP contribution is -2.52. The third kappa shape index (κ3) is 7.99. The molecular weight excluding hydrogens is 710 g/mol. The van der Waals surface area contributed by atoms with Gasteiger partial charge in [-0.25, -0.2) is 0 Å². The van der Waals surface area contributed by atoms with Crippen molar-refractivity contribution in [3.8, 4) is 34.5 Å². The molecule has 6 atom stereocenters. The first-order chi connectivity index (χ1) is 26.9. The van der Waals surface area contributed by atoms with Crippen LogP contribution in [0.4, 0.5) is 0 Å². The number of rotatable bonds is 8. The molecule has 3 unspecified atom stereocenters. The molecule has 6 aliphatic heterocycles. The minimum absolute atomic E-state index is 0.00288. The lowest BCUT2D eigenvalue weighted by atomic mass is 9.99. The zero-order valence-corrected chi connectivity index (χ0v) is 31.3. The maximum absolute atomic E-state index is 12.9. The summed E-state index contributed by atoms with van der Waals surface area (Å²) >= 11 is 0. The number of likely N-dealkylation sites (tertiary alicyclic amines) is 1. The van der Waals surface area contributed by atoms with Gasteiger partial charge >= 0.3 is 5.97 Å². The average Bonchev–Trinajstić information content (AvgIpc) is 3.92. The van der Waals surface area contributed by atoms with Gasteiger partial charge in [0.1, 0.15) is 64.6 Å². The van der Waals surface area contributed by atoms with E-state index < -0.39 is 18.4 Å². The van der Waals surface area contributed by atoms with Crippen molar-refractivity contribution in [3.63, 3.8) is 0 Å². The molecule has 6 heterocycles. The summed E-state index contributed by atoms with van der Waals surface area (Å²) in [6.45, 7) is 9.09. The summed E-state index contributed by atoms with van der Waals surface area (Å²) in [6, 6.07) is 16.3. The summed E-state index contributed by atoms with van der Waals surface area (Å²) in [4.78, 5) is 29.7. The molecule has 2 N–H and O–H groups in total. The fourth-order valence-corrected chi connectivity index (χ4v) is 7.89. The summed E-state index contributed by atoms with van der Waals surface area (Å²) < 4.78 is 46.0. The number of hydrogen-bond donors (Lipinski definition) is 2. The summed E-state index contributed by atoms with van der Waals surface area (Å²) in [6.07, 6.45) is 1.79. The highest BCUT2D eigenvalue weighted by atomic mass is 16.6. The number of carbonyl (C=O) groups is 2. The monoisotopic (exact) mass is 759 g/mol. The number of aliphatic hydroxyl groups is 1. The summed E-state index contributed by atoms with van der Waals surface area (Å²) in [5, 5.41) is 12.6. The van der Waals surface area contributed by atoms with E-state index in [1.54, 1.807) is 0 Å². The maximum Gasteiger partial charge on any atom is 0.326 e. The number of aliphatic hydroxyl groups excluding tert-OH is 1. The van der Waals surface area contributed by atoms with Crippen LogP contribution in [0, 0.1) is 0 Å². The van der Waals surface area contributed by atoms with Crippen molar-refractivity contribution in [2.45, 2.75) is 69.6 Å². The van der Waals surface area contributed by atoms with Crippen molar-refractivity contribution < 1.29 is 52.6 Å².